The van der Waals surface area contributed by atoms with Crippen molar-refractivity contribution >= 4 is 23.1 Å². The molecular formula is C16H17N3O3S. The van der Waals surface area contributed by atoms with E-state index in [1.165, 1.54) is 11.3 Å². The number of nitrogens with zero attached hydrogens (tertiary/aromatic N) is 3. The highest BCUT2D eigenvalue weighted by Gasteiger charge is 2.55. The van der Waals surface area contributed by atoms with Gasteiger partial charge in [0, 0.05) is 23.9 Å². The number of rotatable bonds is 2. The fraction of sp³-hybridized carbons (Fsp3) is 0.500. The molecule has 6 heterocycles. The highest BCUT2D eigenvalue weighted by atomic mass is 32.1. The van der Waals surface area contributed by atoms with E-state index in [9.17, 15) is 4.79 Å². The molecule has 1 unspecified atom stereocenters. The lowest BCUT2D eigenvalue weighted by Gasteiger charge is -2.49. The summed E-state index contributed by atoms with van der Waals surface area (Å²) in [5, 5.41) is 1.93. The SMILES string of the molecule is O=C1OC2(CN3CCC2CC3)CN1c1coc(-c2cscn2)c1. The maximum absolute atomic E-state index is 12.5. The fourth-order valence-electron chi connectivity index (χ4n) is 4.15. The topological polar surface area (TPSA) is 58.8 Å². The second kappa shape index (κ2) is 4.82. The zero-order chi connectivity index (χ0) is 15.4. The normalized spacial score (nSPS) is 32.7. The summed E-state index contributed by atoms with van der Waals surface area (Å²) in [6.45, 7) is 3.73. The number of carbonyl (C=O) groups is 1. The lowest BCUT2D eigenvalue weighted by Crippen LogP contribution is -2.61. The molecule has 0 radical (unpaired) electrons. The summed E-state index contributed by atoms with van der Waals surface area (Å²) >= 11 is 1.52. The van der Waals surface area contributed by atoms with Gasteiger partial charge < -0.3 is 9.15 Å². The molecule has 4 fully saturated rings. The van der Waals surface area contributed by atoms with Crippen molar-refractivity contribution in [2.24, 2.45) is 5.92 Å². The van der Waals surface area contributed by atoms with Gasteiger partial charge >= 0.3 is 6.09 Å². The molecule has 0 saturated carbocycles. The Morgan fingerprint density at radius 1 is 1.30 bits per heavy atom. The molecule has 0 N–H and O–H groups in total. The molecule has 2 aromatic heterocycles. The number of aromatic nitrogens is 1. The van der Waals surface area contributed by atoms with Crippen LogP contribution in [-0.4, -0.2) is 47.8 Å². The van der Waals surface area contributed by atoms with Crippen LogP contribution in [0.3, 0.4) is 0 Å². The van der Waals surface area contributed by atoms with Crippen molar-refractivity contribution in [1.82, 2.24) is 9.88 Å². The quantitative estimate of drug-likeness (QED) is 0.847. The van der Waals surface area contributed by atoms with Gasteiger partial charge in [-0.05, 0) is 25.9 Å². The fourth-order valence-corrected chi connectivity index (χ4v) is 4.69. The Morgan fingerprint density at radius 2 is 2.17 bits per heavy atom. The molecule has 1 atom stereocenters. The van der Waals surface area contributed by atoms with E-state index in [-0.39, 0.29) is 11.7 Å². The molecule has 0 aliphatic carbocycles. The number of carbonyl (C=O) groups excluding carboxylic acids is 1. The minimum absolute atomic E-state index is 0.260. The average molecular weight is 331 g/mol. The van der Waals surface area contributed by atoms with Crippen molar-refractivity contribution in [3.05, 3.63) is 23.2 Å². The number of piperidine rings is 3. The van der Waals surface area contributed by atoms with Crippen molar-refractivity contribution in [1.29, 1.82) is 0 Å². The number of furan rings is 1. The second-order valence-corrected chi connectivity index (χ2v) is 7.33. The summed E-state index contributed by atoms with van der Waals surface area (Å²) in [7, 11) is 0. The molecular weight excluding hydrogens is 314 g/mol. The predicted molar refractivity (Wildman–Crippen MR) is 85.5 cm³/mol. The van der Waals surface area contributed by atoms with Gasteiger partial charge in [0.25, 0.3) is 0 Å². The molecule has 1 spiro atoms. The van der Waals surface area contributed by atoms with Crippen LogP contribution in [0.1, 0.15) is 12.8 Å². The van der Waals surface area contributed by atoms with Crippen LogP contribution >= 0.6 is 11.3 Å². The summed E-state index contributed by atoms with van der Waals surface area (Å²) in [5.74, 6) is 1.16. The van der Waals surface area contributed by atoms with E-state index in [0.29, 0.717) is 18.2 Å². The van der Waals surface area contributed by atoms with Crippen molar-refractivity contribution in [2.75, 3.05) is 31.1 Å². The van der Waals surface area contributed by atoms with Gasteiger partial charge in [0.05, 0.1) is 17.7 Å². The molecule has 23 heavy (non-hydrogen) atoms. The Labute approximate surface area is 137 Å². The number of fused-ring (bicyclic) bond motifs is 2. The molecule has 1 amide bonds. The third-order valence-electron chi connectivity index (χ3n) is 5.34. The number of ether oxygens (including phenoxy) is 1. The Morgan fingerprint density at radius 3 is 2.87 bits per heavy atom. The number of anilines is 1. The van der Waals surface area contributed by atoms with Crippen LogP contribution in [0.2, 0.25) is 0 Å². The number of amides is 1. The number of thiazole rings is 1. The largest absolute Gasteiger partial charge is 0.460 e. The lowest BCUT2D eigenvalue weighted by atomic mass is 9.75. The molecule has 4 saturated heterocycles. The minimum Gasteiger partial charge on any atom is -0.460 e. The van der Waals surface area contributed by atoms with E-state index in [0.717, 1.165) is 43.9 Å². The molecule has 4 aliphatic heterocycles. The molecule has 6 nitrogen and oxygen atoms in total. The highest BCUT2D eigenvalue weighted by Crippen LogP contribution is 2.43. The molecule has 7 heteroatoms. The third-order valence-corrected chi connectivity index (χ3v) is 5.93. The van der Waals surface area contributed by atoms with E-state index in [2.05, 4.69) is 9.88 Å². The van der Waals surface area contributed by atoms with Crippen LogP contribution in [0, 0.1) is 5.92 Å². The number of hydrogen-bond acceptors (Lipinski definition) is 6. The van der Waals surface area contributed by atoms with Crippen LogP contribution in [-0.2, 0) is 4.74 Å². The van der Waals surface area contributed by atoms with Gasteiger partial charge in [-0.2, -0.15) is 0 Å². The van der Waals surface area contributed by atoms with Crippen molar-refractivity contribution < 1.29 is 13.9 Å². The van der Waals surface area contributed by atoms with Gasteiger partial charge in [-0.1, -0.05) is 0 Å². The van der Waals surface area contributed by atoms with E-state index in [1.807, 2.05) is 11.4 Å². The van der Waals surface area contributed by atoms with Crippen LogP contribution in [0.4, 0.5) is 10.5 Å². The summed E-state index contributed by atoms with van der Waals surface area (Å²) in [6.07, 6.45) is 3.60. The Bertz CT molecular complexity index is 736. The molecule has 2 aromatic rings. The molecule has 120 valence electrons. The average Bonchev–Trinajstić information content (AvgIpc) is 3.28. The van der Waals surface area contributed by atoms with E-state index < -0.39 is 0 Å². The first kappa shape index (κ1) is 13.6. The second-order valence-electron chi connectivity index (χ2n) is 6.61. The van der Waals surface area contributed by atoms with Crippen molar-refractivity contribution in [3.8, 4) is 11.5 Å². The van der Waals surface area contributed by atoms with Gasteiger partial charge in [0.2, 0.25) is 0 Å². The summed E-state index contributed by atoms with van der Waals surface area (Å²) in [5.41, 5.74) is 2.98. The summed E-state index contributed by atoms with van der Waals surface area (Å²) in [4.78, 5) is 20.8. The maximum atomic E-state index is 12.5. The zero-order valence-corrected chi connectivity index (χ0v) is 13.4. The molecule has 0 aromatic carbocycles. The maximum Gasteiger partial charge on any atom is 0.415 e. The lowest BCUT2D eigenvalue weighted by molar-refractivity contribution is -0.0881. The Hall–Kier alpha value is -1.86. The first-order valence-electron chi connectivity index (χ1n) is 7.93. The van der Waals surface area contributed by atoms with Gasteiger partial charge in [-0.15, -0.1) is 11.3 Å². The standard InChI is InChI=1S/C16H17N3O3S/c20-15-19(12-5-14(21-6-12)13-7-23-10-17-13)9-16(22-15)8-18-3-1-11(16)2-4-18/h5-7,10-11H,1-4,8-9H2. The van der Waals surface area contributed by atoms with Crippen LogP contribution in [0.5, 0.6) is 0 Å². The van der Waals surface area contributed by atoms with Crippen LogP contribution in [0.15, 0.2) is 27.6 Å². The first-order valence-corrected chi connectivity index (χ1v) is 8.88. The number of hydrogen-bond donors (Lipinski definition) is 0. The minimum atomic E-state index is -0.342. The Balaban J connectivity index is 1.43. The van der Waals surface area contributed by atoms with Gasteiger partial charge in [-0.3, -0.25) is 9.80 Å². The zero-order valence-electron chi connectivity index (χ0n) is 12.6. The summed E-state index contributed by atoms with van der Waals surface area (Å²) in [6, 6.07) is 1.87. The monoisotopic (exact) mass is 331 g/mol. The first-order chi connectivity index (χ1) is 11.2. The smallest absolute Gasteiger partial charge is 0.415 e. The van der Waals surface area contributed by atoms with Crippen molar-refractivity contribution in [3.63, 3.8) is 0 Å². The van der Waals surface area contributed by atoms with E-state index in [1.54, 1.807) is 16.7 Å². The highest BCUT2D eigenvalue weighted by molar-refractivity contribution is 7.07. The third kappa shape index (κ3) is 2.03. The predicted octanol–water partition coefficient (Wildman–Crippen LogP) is 2.82. The van der Waals surface area contributed by atoms with E-state index >= 15 is 0 Å². The molecule has 6 rings (SSSR count). The van der Waals surface area contributed by atoms with E-state index in [4.69, 9.17) is 9.15 Å². The molecule has 2 bridgehead atoms. The molecule has 4 aliphatic rings. The van der Waals surface area contributed by atoms with Crippen LogP contribution in [0.25, 0.3) is 11.5 Å². The van der Waals surface area contributed by atoms with Gasteiger partial charge in [-0.25, -0.2) is 9.78 Å². The summed E-state index contributed by atoms with van der Waals surface area (Å²) < 4.78 is 11.5. The van der Waals surface area contributed by atoms with Crippen LogP contribution < -0.4 is 4.90 Å². The van der Waals surface area contributed by atoms with Gasteiger partial charge in [0.15, 0.2) is 5.76 Å². The van der Waals surface area contributed by atoms with Gasteiger partial charge in [0.1, 0.15) is 17.6 Å². The van der Waals surface area contributed by atoms with Crippen molar-refractivity contribution in [2.45, 2.75) is 18.4 Å². The Kier molecular flexibility index (Phi) is 2.84.